The van der Waals surface area contributed by atoms with E-state index in [9.17, 15) is 4.79 Å². The highest BCUT2D eigenvalue weighted by Gasteiger charge is 2.27. The van der Waals surface area contributed by atoms with E-state index >= 15 is 0 Å². The normalized spacial score (nSPS) is 19.4. The number of benzene rings is 1. The number of hydrogen-bond donors (Lipinski definition) is 0. The lowest BCUT2D eigenvalue weighted by atomic mass is 9.95. The van der Waals surface area contributed by atoms with E-state index in [1.165, 1.54) is 0 Å². The molecule has 0 aromatic heterocycles. The second-order valence-electron chi connectivity index (χ2n) is 4.23. The van der Waals surface area contributed by atoms with Gasteiger partial charge in [0.1, 0.15) is 5.75 Å². The standard InChI is InChI=1S/C13H15BrO3/c1-8-5-12(16-2)10(6-11(8)14)13(15)9-3-4-17-7-9/h5-6,9H,3-4,7H2,1-2H3. The second kappa shape index (κ2) is 5.19. The van der Waals surface area contributed by atoms with Crippen LogP contribution < -0.4 is 4.74 Å². The molecule has 1 atom stereocenters. The molecule has 1 heterocycles. The quantitative estimate of drug-likeness (QED) is 0.805. The van der Waals surface area contributed by atoms with E-state index in [1.807, 2.05) is 19.1 Å². The molecule has 0 radical (unpaired) electrons. The van der Waals surface area contributed by atoms with Crippen molar-refractivity contribution < 1.29 is 14.3 Å². The first-order chi connectivity index (χ1) is 8.13. The Morgan fingerprint density at radius 3 is 2.88 bits per heavy atom. The number of aryl methyl sites for hydroxylation is 1. The number of ketones is 1. The topological polar surface area (TPSA) is 35.5 Å². The van der Waals surface area contributed by atoms with E-state index < -0.39 is 0 Å². The van der Waals surface area contributed by atoms with Crippen LogP contribution in [0.3, 0.4) is 0 Å². The summed E-state index contributed by atoms with van der Waals surface area (Å²) in [6, 6.07) is 3.72. The molecule has 0 saturated carbocycles. The van der Waals surface area contributed by atoms with Crippen molar-refractivity contribution in [2.24, 2.45) is 5.92 Å². The summed E-state index contributed by atoms with van der Waals surface area (Å²) in [5, 5.41) is 0. The number of ether oxygens (including phenoxy) is 2. The SMILES string of the molecule is COc1cc(C)c(Br)cc1C(=O)C1CCOC1. The van der Waals surface area contributed by atoms with Gasteiger partial charge in [-0.15, -0.1) is 0 Å². The monoisotopic (exact) mass is 298 g/mol. The molecule has 1 unspecified atom stereocenters. The maximum atomic E-state index is 12.3. The Labute approximate surface area is 109 Å². The Hall–Kier alpha value is -0.870. The van der Waals surface area contributed by atoms with Gasteiger partial charge >= 0.3 is 0 Å². The van der Waals surface area contributed by atoms with Crippen LogP contribution in [-0.2, 0) is 4.74 Å². The van der Waals surface area contributed by atoms with Gasteiger partial charge in [0.2, 0.25) is 0 Å². The van der Waals surface area contributed by atoms with Crippen molar-refractivity contribution in [3.8, 4) is 5.75 Å². The van der Waals surface area contributed by atoms with Gasteiger partial charge in [0, 0.05) is 17.0 Å². The molecular formula is C13H15BrO3. The minimum atomic E-state index is -0.0292. The molecule has 1 aromatic carbocycles. The average Bonchev–Trinajstić information content (AvgIpc) is 2.84. The Kier molecular flexibility index (Phi) is 3.84. The van der Waals surface area contributed by atoms with Crippen molar-refractivity contribution in [2.45, 2.75) is 13.3 Å². The molecule has 1 aromatic rings. The molecule has 0 amide bonds. The predicted octanol–water partition coefficient (Wildman–Crippen LogP) is 2.99. The molecule has 0 aliphatic carbocycles. The van der Waals surface area contributed by atoms with Crippen LogP contribution in [0.25, 0.3) is 0 Å². The van der Waals surface area contributed by atoms with Crippen LogP contribution in [0.1, 0.15) is 22.3 Å². The van der Waals surface area contributed by atoms with Crippen LogP contribution in [0.2, 0.25) is 0 Å². The molecule has 1 aliphatic heterocycles. The maximum absolute atomic E-state index is 12.3. The van der Waals surface area contributed by atoms with Crippen LogP contribution in [0.4, 0.5) is 0 Å². The zero-order chi connectivity index (χ0) is 12.4. The van der Waals surface area contributed by atoms with Crippen LogP contribution in [0, 0.1) is 12.8 Å². The summed E-state index contributed by atoms with van der Waals surface area (Å²) < 4.78 is 11.5. The molecule has 17 heavy (non-hydrogen) atoms. The Balaban J connectivity index is 2.36. The fourth-order valence-corrected chi connectivity index (χ4v) is 2.32. The van der Waals surface area contributed by atoms with E-state index in [4.69, 9.17) is 9.47 Å². The lowest BCUT2D eigenvalue weighted by Gasteiger charge is -2.12. The van der Waals surface area contributed by atoms with Crippen molar-refractivity contribution >= 4 is 21.7 Å². The highest BCUT2D eigenvalue weighted by molar-refractivity contribution is 9.10. The van der Waals surface area contributed by atoms with E-state index in [1.54, 1.807) is 7.11 Å². The predicted molar refractivity (Wildman–Crippen MR) is 68.7 cm³/mol. The summed E-state index contributed by atoms with van der Waals surface area (Å²) in [5.41, 5.74) is 1.70. The van der Waals surface area contributed by atoms with Crippen molar-refractivity contribution in [2.75, 3.05) is 20.3 Å². The van der Waals surface area contributed by atoms with Gasteiger partial charge in [-0.05, 0) is 31.0 Å². The lowest BCUT2D eigenvalue weighted by Crippen LogP contribution is -2.15. The fourth-order valence-electron chi connectivity index (χ4n) is 1.98. The van der Waals surface area contributed by atoms with Crippen molar-refractivity contribution in [1.82, 2.24) is 0 Å². The van der Waals surface area contributed by atoms with Gasteiger partial charge < -0.3 is 9.47 Å². The number of carbonyl (C=O) groups is 1. The number of carbonyl (C=O) groups excluding carboxylic acids is 1. The van der Waals surface area contributed by atoms with Crippen molar-refractivity contribution in [3.05, 3.63) is 27.7 Å². The molecule has 3 nitrogen and oxygen atoms in total. The summed E-state index contributed by atoms with van der Waals surface area (Å²) in [6.45, 7) is 3.17. The maximum Gasteiger partial charge on any atom is 0.172 e. The third-order valence-corrected chi connectivity index (χ3v) is 3.90. The first kappa shape index (κ1) is 12.6. The van der Waals surface area contributed by atoms with E-state index in [-0.39, 0.29) is 11.7 Å². The number of rotatable bonds is 3. The van der Waals surface area contributed by atoms with E-state index in [2.05, 4.69) is 15.9 Å². The van der Waals surface area contributed by atoms with Crippen molar-refractivity contribution in [3.63, 3.8) is 0 Å². The van der Waals surface area contributed by atoms with Gasteiger partial charge in [-0.25, -0.2) is 0 Å². The third kappa shape index (κ3) is 2.53. The summed E-state index contributed by atoms with van der Waals surface area (Å²) in [7, 11) is 1.59. The van der Waals surface area contributed by atoms with Gasteiger partial charge in [0.15, 0.2) is 5.78 Å². The largest absolute Gasteiger partial charge is 0.496 e. The third-order valence-electron chi connectivity index (χ3n) is 3.05. The molecule has 1 aliphatic rings. The zero-order valence-corrected chi connectivity index (χ0v) is 11.5. The smallest absolute Gasteiger partial charge is 0.172 e. The minimum Gasteiger partial charge on any atom is -0.496 e. The molecule has 92 valence electrons. The number of halogens is 1. The first-order valence-electron chi connectivity index (χ1n) is 5.59. The van der Waals surface area contributed by atoms with E-state index in [0.717, 1.165) is 16.5 Å². The Morgan fingerprint density at radius 1 is 1.53 bits per heavy atom. The minimum absolute atomic E-state index is 0.0292. The van der Waals surface area contributed by atoms with Gasteiger partial charge in [-0.1, -0.05) is 15.9 Å². The van der Waals surface area contributed by atoms with Crippen LogP contribution in [-0.4, -0.2) is 26.1 Å². The molecule has 0 bridgehead atoms. The van der Waals surface area contributed by atoms with Gasteiger partial charge in [0.25, 0.3) is 0 Å². The highest BCUT2D eigenvalue weighted by Crippen LogP contribution is 2.30. The number of Topliss-reactive ketones (excluding diaryl/α,β-unsaturated/α-hetero) is 1. The molecule has 4 heteroatoms. The molecule has 1 fully saturated rings. The molecule has 2 rings (SSSR count). The van der Waals surface area contributed by atoms with Crippen LogP contribution in [0.15, 0.2) is 16.6 Å². The first-order valence-corrected chi connectivity index (χ1v) is 6.39. The second-order valence-corrected chi connectivity index (χ2v) is 5.08. The molecular weight excluding hydrogens is 284 g/mol. The Bertz CT molecular complexity index is 437. The van der Waals surface area contributed by atoms with E-state index in [0.29, 0.717) is 24.5 Å². The number of methoxy groups -OCH3 is 1. The average molecular weight is 299 g/mol. The zero-order valence-electron chi connectivity index (χ0n) is 9.96. The lowest BCUT2D eigenvalue weighted by molar-refractivity contribution is 0.0897. The summed E-state index contributed by atoms with van der Waals surface area (Å²) in [6.07, 6.45) is 0.799. The van der Waals surface area contributed by atoms with Gasteiger partial charge in [-0.2, -0.15) is 0 Å². The summed E-state index contributed by atoms with van der Waals surface area (Å²) in [4.78, 5) is 12.3. The Morgan fingerprint density at radius 2 is 2.29 bits per heavy atom. The summed E-state index contributed by atoms with van der Waals surface area (Å²) >= 11 is 3.45. The van der Waals surface area contributed by atoms with Crippen molar-refractivity contribution in [1.29, 1.82) is 0 Å². The van der Waals surface area contributed by atoms with Crippen LogP contribution in [0.5, 0.6) is 5.75 Å². The fraction of sp³-hybridized carbons (Fsp3) is 0.462. The summed E-state index contributed by atoms with van der Waals surface area (Å²) in [5.74, 6) is 0.723. The number of hydrogen-bond acceptors (Lipinski definition) is 3. The van der Waals surface area contributed by atoms with Gasteiger partial charge in [0.05, 0.1) is 19.3 Å². The van der Waals surface area contributed by atoms with Gasteiger partial charge in [-0.3, -0.25) is 4.79 Å². The van der Waals surface area contributed by atoms with Crippen LogP contribution >= 0.6 is 15.9 Å². The molecule has 0 spiro atoms. The highest BCUT2D eigenvalue weighted by atomic mass is 79.9. The molecule has 0 N–H and O–H groups in total. The molecule has 1 saturated heterocycles.